The molecule has 160 valence electrons. The summed E-state index contributed by atoms with van der Waals surface area (Å²) in [6.45, 7) is 4.99. The SMILES string of the molecule is O=C(Cc1ccc(OC(F)(F)F)cc1)N1CCN(C(=O)CN2CCOCC2)CC1. The standard InChI is InChI=1S/C19H24F3N3O4/c20-19(21,22)29-16-3-1-15(2-4-16)13-17(26)24-5-7-25(8-6-24)18(27)14-23-9-11-28-12-10-23/h1-4H,5-14H2. The molecule has 2 aliphatic rings. The van der Waals surface area contributed by atoms with E-state index in [2.05, 4.69) is 9.64 Å². The van der Waals surface area contributed by atoms with Crippen LogP contribution in [0.25, 0.3) is 0 Å². The van der Waals surface area contributed by atoms with Crippen molar-refractivity contribution in [3.63, 3.8) is 0 Å². The number of amides is 2. The molecule has 0 atom stereocenters. The number of rotatable bonds is 5. The van der Waals surface area contributed by atoms with E-state index >= 15 is 0 Å². The van der Waals surface area contributed by atoms with E-state index in [1.807, 2.05) is 0 Å². The summed E-state index contributed by atoms with van der Waals surface area (Å²) in [7, 11) is 0. The van der Waals surface area contributed by atoms with Crippen molar-refractivity contribution in [2.24, 2.45) is 0 Å². The topological polar surface area (TPSA) is 62.3 Å². The summed E-state index contributed by atoms with van der Waals surface area (Å²) < 4.78 is 45.7. The van der Waals surface area contributed by atoms with Crippen LogP contribution >= 0.6 is 0 Å². The Hall–Kier alpha value is -2.33. The largest absolute Gasteiger partial charge is 0.573 e. The molecule has 1 aromatic carbocycles. The van der Waals surface area contributed by atoms with Gasteiger partial charge in [0.15, 0.2) is 0 Å². The maximum atomic E-state index is 12.5. The molecule has 2 amide bonds. The smallest absolute Gasteiger partial charge is 0.406 e. The lowest BCUT2D eigenvalue weighted by molar-refractivity contribution is -0.274. The van der Waals surface area contributed by atoms with Gasteiger partial charge in [0.05, 0.1) is 26.2 Å². The first-order valence-corrected chi connectivity index (χ1v) is 9.50. The molecule has 2 aliphatic heterocycles. The second-order valence-corrected chi connectivity index (χ2v) is 7.02. The number of piperazine rings is 1. The van der Waals surface area contributed by atoms with Gasteiger partial charge in [-0.05, 0) is 17.7 Å². The summed E-state index contributed by atoms with van der Waals surface area (Å²) in [6, 6.07) is 5.28. The minimum absolute atomic E-state index is 0.0549. The quantitative estimate of drug-likeness (QED) is 0.722. The summed E-state index contributed by atoms with van der Waals surface area (Å²) in [5.74, 6) is -0.380. The van der Waals surface area contributed by atoms with Crippen molar-refractivity contribution in [1.82, 2.24) is 14.7 Å². The zero-order valence-corrected chi connectivity index (χ0v) is 16.0. The van der Waals surface area contributed by atoms with Crippen LogP contribution in [-0.2, 0) is 20.7 Å². The molecule has 10 heteroatoms. The average molecular weight is 415 g/mol. The summed E-state index contributed by atoms with van der Waals surface area (Å²) >= 11 is 0. The second-order valence-electron chi connectivity index (χ2n) is 7.02. The van der Waals surface area contributed by atoms with Gasteiger partial charge in [-0.2, -0.15) is 0 Å². The van der Waals surface area contributed by atoms with E-state index in [1.54, 1.807) is 9.80 Å². The van der Waals surface area contributed by atoms with Gasteiger partial charge in [-0.15, -0.1) is 13.2 Å². The third-order valence-electron chi connectivity index (χ3n) is 4.96. The van der Waals surface area contributed by atoms with Crippen molar-refractivity contribution in [2.75, 3.05) is 59.0 Å². The van der Waals surface area contributed by atoms with Crippen LogP contribution in [0.4, 0.5) is 13.2 Å². The third kappa shape index (κ3) is 6.60. The molecule has 3 rings (SSSR count). The number of hydrogen-bond donors (Lipinski definition) is 0. The van der Waals surface area contributed by atoms with Crippen LogP contribution in [0.1, 0.15) is 5.56 Å². The molecule has 0 N–H and O–H groups in total. The molecule has 0 radical (unpaired) electrons. The van der Waals surface area contributed by atoms with Crippen LogP contribution in [0.15, 0.2) is 24.3 Å². The Kier molecular flexibility index (Phi) is 6.96. The maximum Gasteiger partial charge on any atom is 0.573 e. The first kappa shape index (κ1) is 21.4. The van der Waals surface area contributed by atoms with Crippen molar-refractivity contribution >= 4 is 11.8 Å². The highest BCUT2D eigenvalue weighted by Crippen LogP contribution is 2.23. The Balaban J connectivity index is 1.43. The summed E-state index contributed by atoms with van der Waals surface area (Å²) in [4.78, 5) is 30.4. The monoisotopic (exact) mass is 415 g/mol. The third-order valence-corrected chi connectivity index (χ3v) is 4.96. The Morgan fingerprint density at radius 2 is 1.45 bits per heavy atom. The minimum atomic E-state index is -4.74. The Morgan fingerprint density at radius 1 is 0.897 bits per heavy atom. The van der Waals surface area contributed by atoms with Gasteiger partial charge in [0, 0.05) is 39.3 Å². The number of alkyl halides is 3. The van der Waals surface area contributed by atoms with E-state index < -0.39 is 6.36 Å². The van der Waals surface area contributed by atoms with Crippen LogP contribution in [0.5, 0.6) is 5.75 Å². The lowest BCUT2D eigenvalue weighted by Gasteiger charge is -2.36. The average Bonchev–Trinajstić information content (AvgIpc) is 2.69. The first-order valence-electron chi connectivity index (χ1n) is 9.50. The molecule has 7 nitrogen and oxygen atoms in total. The highest BCUT2D eigenvalue weighted by Gasteiger charge is 2.31. The van der Waals surface area contributed by atoms with Crippen molar-refractivity contribution in [1.29, 1.82) is 0 Å². The fourth-order valence-corrected chi connectivity index (χ4v) is 3.35. The lowest BCUT2D eigenvalue weighted by atomic mass is 10.1. The van der Waals surface area contributed by atoms with E-state index in [0.29, 0.717) is 51.5 Å². The predicted molar refractivity (Wildman–Crippen MR) is 97.2 cm³/mol. The van der Waals surface area contributed by atoms with E-state index in [0.717, 1.165) is 13.1 Å². The number of morpholine rings is 1. The van der Waals surface area contributed by atoms with Gasteiger partial charge in [0.2, 0.25) is 11.8 Å². The summed E-state index contributed by atoms with van der Waals surface area (Å²) in [6.07, 6.45) is -4.65. The van der Waals surface area contributed by atoms with Gasteiger partial charge in [-0.1, -0.05) is 12.1 Å². The van der Waals surface area contributed by atoms with Crippen molar-refractivity contribution in [3.8, 4) is 5.75 Å². The van der Waals surface area contributed by atoms with Crippen LogP contribution in [-0.4, -0.2) is 91.9 Å². The molecule has 29 heavy (non-hydrogen) atoms. The summed E-state index contributed by atoms with van der Waals surface area (Å²) in [5, 5.41) is 0. The number of benzene rings is 1. The lowest BCUT2D eigenvalue weighted by Crippen LogP contribution is -2.53. The molecular formula is C19H24F3N3O4. The predicted octanol–water partition coefficient (Wildman–Crippen LogP) is 1.13. The molecule has 0 spiro atoms. The molecule has 2 heterocycles. The van der Waals surface area contributed by atoms with Crippen LogP contribution in [0, 0.1) is 0 Å². The number of ether oxygens (including phenoxy) is 2. The number of carbonyl (C=O) groups excluding carboxylic acids is 2. The van der Waals surface area contributed by atoms with E-state index in [1.165, 1.54) is 24.3 Å². The van der Waals surface area contributed by atoms with Crippen LogP contribution in [0.3, 0.4) is 0 Å². The summed E-state index contributed by atoms with van der Waals surface area (Å²) in [5.41, 5.74) is 0.607. The molecular weight excluding hydrogens is 391 g/mol. The zero-order chi connectivity index (χ0) is 20.9. The molecule has 2 saturated heterocycles. The highest BCUT2D eigenvalue weighted by molar-refractivity contribution is 5.80. The van der Waals surface area contributed by atoms with Crippen molar-refractivity contribution < 1.29 is 32.2 Å². The number of hydrogen-bond acceptors (Lipinski definition) is 5. The molecule has 1 aromatic rings. The molecule has 0 saturated carbocycles. The Morgan fingerprint density at radius 3 is 2.00 bits per heavy atom. The fraction of sp³-hybridized carbons (Fsp3) is 0.579. The molecule has 0 aromatic heterocycles. The van der Waals surface area contributed by atoms with Crippen molar-refractivity contribution in [3.05, 3.63) is 29.8 Å². The van der Waals surface area contributed by atoms with Gasteiger partial charge in [0.1, 0.15) is 5.75 Å². The van der Waals surface area contributed by atoms with Crippen LogP contribution in [0.2, 0.25) is 0 Å². The molecule has 0 aliphatic carbocycles. The van der Waals surface area contributed by atoms with E-state index in [4.69, 9.17) is 4.74 Å². The van der Waals surface area contributed by atoms with Crippen molar-refractivity contribution in [2.45, 2.75) is 12.8 Å². The van der Waals surface area contributed by atoms with Gasteiger partial charge >= 0.3 is 6.36 Å². The fourth-order valence-electron chi connectivity index (χ4n) is 3.35. The maximum absolute atomic E-state index is 12.5. The Labute approximate surface area is 166 Å². The Bertz CT molecular complexity index is 698. The number of halogens is 3. The molecule has 0 unspecified atom stereocenters. The van der Waals surface area contributed by atoms with Gasteiger partial charge in [-0.25, -0.2) is 0 Å². The van der Waals surface area contributed by atoms with Gasteiger partial charge in [-0.3, -0.25) is 14.5 Å². The molecule has 0 bridgehead atoms. The van der Waals surface area contributed by atoms with Gasteiger partial charge in [0.25, 0.3) is 0 Å². The number of carbonyl (C=O) groups is 2. The normalized spacial score (nSPS) is 18.6. The number of nitrogens with zero attached hydrogens (tertiary/aromatic N) is 3. The van der Waals surface area contributed by atoms with Crippen LogP contribution < -0.4 is 4.74 Å². The van der Waals surface area contributed by atoms with E-state index in [-0.39, 0.29) is 24.0 Å². The zero-order valence-electron chi connectivity index (χ0n) is 16.0. The highest BCUT2D eigenvalue weighted by atomic mass is 19.4. The molecule has 2 fully saturated rings. The first-order chi connectivity index (χ1) is 13.8. The van der Waals surface area contributed by atoms with E-state index in [9.17, 15) is 22.8 Å². The second kappa shape index (κ2) is 9.45. The minimum Gasteiger partial charge on any atom is -0.406 e. The van der Waals surface area contributed by atoms with Gasteiger partial charge < -0.3 is 19.3 Å².